The summed E-state index contributed by atoms with van der Waals surface area (Å²) in [6.07, 6.45) is 1.31. The Morgan fingerprint density at radius 3 is 2.08 bits per heavy atom. The number of hydrogen-bond donors (Lipinski definition) is 3. The van der Waals surface area contributed by atoms with E-state index in [-0.39, 0.29) is 37.7 Å². The van der Waals surface area contributed by atoms with E-state index in [1.54, 1.807) is 24.3 Å². The molecule has 2 atom stereocenters. The van der Waals surface area contributed by atoms with Crippen LogP contribution in [0.2, 0.25) is 0 Å². The summed E-state index contributed by atoms with van der Waals surface area (Å²) in [6, 6.07) is 13.9. The van der Waals surface area contributed by atoms with E-state index in [1.807, 2.05) is 30.3 Å². The Balaban J connectivity index is 1.58. The molecular formula is C26H30N4O6. The lowest BCUT2D eigenvalue weighted by Gasteiger charge is -2.22. The van der Waals surface area contributed by atoms with Crippen molar-refractivity contribution in [2.45, 2.75) is 37.8 Å². The normalized spacial score (nSPS) is 14.1. The Kier molecular flexibility index (Phi) is 9.29. The summed E-state index contributed by atoms with van der Waals surface area (Å²) in [4.78, 5) is 63.5. The minimum absolute atomic E-state index is 0.192. The van der Waals surface area contributed by atoms with E-state index >= 15 is 0 Å². The van der Waals surface area contributed by atoms with Gasteiger partial charge >= 0.3 is 5.97 Å². The number of nitrogens with two attached hydrogens (primary N) is 1. The molecule has 0 bridgehead atoms. The molecule has 0 saturated carbocycles. The average molecular weight is 495 g/mol. The van der Waals surface area contributed by atoms with Gasteiger partial charge in [0.1, 0.15) is 12.1 Å². The maximum atomic E-state index is 13.0. The third-order valence-electron chi connectivity index (χ3n) is 5.92. The van der Waals surface area contributed by atoms with Crippen molar-refractivity contribution in [2.24, 2.45) is 5.73 Å². The van der Waals surface area contributed by atoms with Gasteiger partial charge in [0.25, 0.3) is 11.8 Å². The van der Waals surface area contributed by atoms with Crippen LogP contribution in [0.25, 0.3) is 0 Å². The number of carbonyl (C=O) groups is 5. The molecule has 190 valence electrons. The molecule has 0 fully saturated rings. The van der Waals surface area contributed by atoms with Crippen LogP contribution in [-0.4, -0.2) is 66.8 Å². The second-order valence-corrected chi connectivity index (χ2v) is 8.40. The largest absolute Gasteiger partial charge is 0.467 e. The highest BCUT2D eigenvalue weighted by Crippen LogP contribution is 2.23. The van der Waals surface area contributed by atoms with Crippen LogP contribution in [0.5, 0.6) is 0 Å². The Labute approximate surface area is 209 Å². The number of unbranched alkanes of at least 4 members (excludes halogenated alkanes) is 1. The van der Waals surface area contributed by atoms with Gasteiger partial charge in [-0.25, -0.2) is 4.79 Å². The van der Waals surface area contributed by atoms with Gasteiger partial charge in [-0.2, -0.15) is 0 Å². The lowest BCUT2D eigenvalue weighted by atomic mass is 10.0. The molecule has 0 aliphatic carbocycles. The molecule has 2 aromatic carbocycles. The molecule has 0 aromatic heterocycles. The van der Waals surface area contributed by atoms with Crippen molar-refractivity contribution in [2.75, 3.05) is 20.2 Å². The molecule has 3 rings (SSSR count). The van der Waals surface area contributed by atoms with Gasteiger partial charge in [-0.1, -0.05) is 42.5 Å². The first-order chi connectivity index (χ1) is 17.3. The number of nitrogens with one attached hydrogen (secondary N) is 2. The summed E-state index contributed by atoms with van der Waals surface area (Å²) in [5.74, 6) is -2.36. The maximum Gasteiger partial charge on any atom is 0.328 e. The topological polar surface area (TPSA) is 148 Å². The van der Waals surface area contributed by atoms with Crippen LogP contribution < -0.4 is 16.4 Å². The molecule has 1 heterocycles. The van der Waals surface area contributed by atoms with Crippen LogP contribution in [0.1, 0.15) is 45.5 Å². The third-order valence-corrected chi connectivity index (χ3v) is 5.92. The van der Waals surface area contributed by atoms with Crippen LogP contribution in [0, 0.1) is 0 Å². The second kappa shape index (κ2) is 12.6. The maximum absolute atomic E-state index is 13.0. The summed E-state index contributed by atoms with van der Waals surface area (Å²) in [5, 5.41) is 5.25. The van der Waals surface area contributed by atoms with Gasteiger partial charge in [-0.15, -0.1) is 0 Å². The van der Waals surface area contributed by atoms with E-state index in [9.17, 15) is 24.0 Å². The fourth-order valence-electron chi connectivity index (χ4n) is 4.04. The summed E-state index contributed by atoms with van der Waals surface area (Å²) < 4.78 is 4.84. The number of esters is 1. The standard InChI is InChI=1S/C26H30N4O6/c1-36-26(35)20(13-7-8-14-30-24(33)18-11-5-6-12-19(18)25(30)34)29-23(32)21(28-22(31)16-27)15-17-9-3-2-4-10-17/h2-6,9-12,20-21H,7-8,13-16,27H2,1H3,(H,28,31)(H,29,32)/t20?,21-/m0/s1. The number of methoxy groups -OCH3 is 1. The molecule has 10 nitrogen and oxygen atoms in total. The molecule has 0 radical (unpaired) electrons. The first-order valence-electron chi connectivity index (χ1n) is 11.7. The lowest BCUT2D eigenvalue weighted by molar-refractivity contribution is -0.145. The lowest BCUT2D eigenvalue weighted by Crippen LogP contribution is -2.53. The molecule has 2 aromatic rings. The molecule has 36 heavy (non-hydrogen) atoms. The van der Waals surface area contributed by atoms with Gasteiger partial charge in [0, 0.05) is 13.0 Å². The number of rotatable bonds is 12. The smallest absolute Gasteiger partial charge is 0.328 e. The molecule has 0 saturated heterocycles. The Morgan fingerprint density at radius 2 is 1.50 bits per heavy atom. The Bertz CT molecular complexity index is 1090. The van der Waals surface area contributed by atoms with E-state index in [0.29, 0.717) is 24.0 Å². The Morgan fingerprint density at radius 1 is 0.889 bits per heavy atom. The zero-order valence-corrected chi connectivity index (χ0v) is 20.1. The number of hydrogen-bond acceptors (Lipinski definition) is 7. The Hall–Kier alpha value is -4.05. The molecular weight excluding hydrogens is 464 g/mol. The van der Waals surface area contributed by atoms with Crippen molar-refractivity contribution < 1.29 is 28.7 Å². The van der Waals surface area contributed by atoms with Crippen molar-refractivity contribution >= 4 is 29.6 Å². The third kappa shape index (κ3) is 6.54. The predicted molar refractivity (Wildman–Crippen MR) is 131 cm³/mol. The number of benzene rings is 2. The molecule has 1 unspecified atom stereocenters. The number of imide groups is 1. The zero-order chi connectivity index (χ0) is 26.1. The number of ether oxygens (including phenoxy) is 1. The van der Waals surface area contributed by atoms with E-state index < -0.39 is 29.9 Å². The van der Waals surface area contributed by atoms with E-state index in [2.05, 4.69) is 10.6 Å². The van der Waals surface area contributed by atoms with E-state index in [4.69, 9.17) is 10.5 Å². The molecule has 10 heteroatoms. The monoisotopic (exact) mass is 494 g/mol. The predicted octanol–water partition coefficient (Wildman–Crippen LogP) is 0.797. The number of nitrogens with zero attached hydrogens (tertiary/aromatic N) is 1. The van der Waals surface area contributed by atoms with Crippen molar-refractivity contribution in [3.63, 3.8) is 0 Å². The van der Waals surface area contributed by atoms with E-state index in [0.717, 1.165) is 5.56 Å². The van der Waals surface area contributed by atoms with Crippen LogP contribution in [0.4, 0.5) is 0 Å². The summed E-state index contributed by atoms with van der Waals surface area (Å²) >= 11 is 0. The summed E-state index contributed by atoms with van der Waals surface area (Å²) in [7, 11) is 1.22. The minimum atomic E-state index is -0.960. The number of carbonyl (C=O) groups excluding carboxylic acids is 5. The summed E-state index contributed by atoms with van der Waals surface area (Å²) in [5.41, 5.74) is 6.98. The highest BCUT2D eigenvalue weighted by atomic mass is 16.5. The van der Waals surface area contributed by atoms with Gasteiger partial charge in [0.15, 0.2) is 0 Å². The van der Waals surface area contributed by atoms with Gasteiger partial charge in [-0.3, -0.25) is 24.1 Å². The van der Waals surface area contributed by atoms with Gasteiger partial charge in [0.2, 0.25) is 11.8 Å². The first-order valence-corrected chi connectivity index (χ1v) is 11.7. The van der Waals surface area contributed by atoms with Crippen molar-refractivity contribution in [3.8, 4) is 0 Å². The fourth-order valence-corrected chi connectivity index (χ4v) is 4.04. The van der Waals surface area contributed by atoms with Crippen molar-refractivity contribution in [3.05, 3.63) is 71.3 Å². The first kappa shape index (κ1) is 26.6. The highest BCUT2D eigenvalue weighted by Gasteiger charge is 2.34. The molecule has 1 aliphatic rings. The molecule has 4 amide bonds. The van der Waals surface area contributed by atoms with Gasteiger partial charge in [0.05, 0.1) is 24.8 Å². The quantitative estimate of drug-likeness (QED) is 0.225. The zero-order valence-electron chi connectivity index (χ0n) is 20.1. The van der Waals surface area contributed by atoms with Crippen molar-refractivity contribution in [1.82, 2.24) is 15.5 Å². The average Bonchev–Trinajstić information content (AvgIpc) is 3.14. The fraction of sp³-hybridized carbons (Fsp3) is 0.346. The SMILES string of the molecule is COC(=O)C(CCCCN1C(=O)c2ccccc2C1=O)NC(=O)[C@H](Cc1ccccc1)NC(=O)CN. The molecule has 4 N–H and O–H groups in total. The number of amides is 4. The van der Waals surface area contributed by atoms with Crippen LogP contribution in [0.3, 0.4) is 0 Å². The summed E-state index contributed by atoms with van der Waals surface area (Å²) in [6.45, 7) is -0.0891. The minimum Gasteiger partial charge on any atom is -0.467 e. The van der Waals surface area contributed by atoms with Crippen LogP contribution in [-0.2, 0) is 25.5 Å². The number of fused-ring (bicyclic) bond motifs is 1. The van der Waals surface area contributed by atoms with Crippen LogP contribution in [0.15, 0.2) is 54.6 Å². The van der Waals surface area contributed by atoms with Crippen LogP contribution >= 0.6 is 0 Å². The highest BCUT2D eigenvalue weighted by molar-refractivity contribution is 6.21. The van der Waals surface area contributed by atoms with Gasteiger partial charge in [-0.05, 0) is 37.0 Å². The molecule has 0 spiro atoms. The van der Waals surface area contributed by atoms with E-state index in [1.165, 1.54) is 12.0 Å². The second-order valence-electron chi connectivity index (χ2n) is 8.40. The van der Waals surface area contributed by atoms with Gasteiger partial charge < -0.3 is 21.1 Å². The molecule has 1 aliphatic heterocycles. The van der Waals surface area contributed by atoms with Crippen molar-refractivity contribution in [1.29, 1.82) is 0 Å².